The Hall–Kier alpha value is -1.08. The Morgan fingerprint density at radius 1 is 0.857 bits per heavy atom. The Labute approximate surface area is 124 Å². The third-order valence-corrected chi connectivity index (χ3v) is 2.74. The van der Waals surface area contributed by atoms with Crippen LogP contribution >= 0.6 is 0 Å². The van der Waals surface area contributed by atoms with Gasteiger partial charge in [-0.1, -0.05) is 0 Å². The summed E-state index contributed by atoms with van der Waals surface area (Å²) in [5.74, 6) is -1.08. The van der Waals surface area contributed by atoms with Crippen molar-refractivity contribution in [1.29, 1.82) is 0 Å². The zero-order chi connectivity index (χ0) is 15.3. The van der Waals surface area contributed by atoms with Crippen LogP contribution in [0.5, 0.6) is 0 Å². The van der Waals surface area contributed by atoms with Crippen molar-refractivity contribution in [2.24, 2.45) is 0 Å². The van der Waals surface area contributed by atoms with Crippen molar-refractivity contribution in [1.82, 2.24) is 5.32 Å². The molecule has 0 aromatic heterocycles. The molecule has 1 aromatic rings. The molecule has 0 aliphatic heterocycles. The fraction of sp³-hybridized carbons (Fsp3) is 0.600. The molecule has 0 spiro atoms. The van der Waals surface area contributed by atoms with Crippen LogP contribution in [0.2, 0.25) is 0 Å². The van der Waals surface area contributed by atoms with Crippen molar-refractivity contribution < 1.29 is 23.0 Å². The summed E-state index contributed by atoms with van der Waals surface area (Å²) in [6, 6.07) is 3.57. The lowest BCUT2D eigenvalue weighted by molar-refractivity contribution is 0.0256. The molecule has 21 heavy (non-hydrogen) atoms. The Kier molecular flexibility index (Phi) is 9.90. The van der Waals surface area contributed by atoms with E-state index in [4.69, 9.17) is 14.2 Å². The summed E-state index contributed by atoms with van der Waals surface area (Å²) in [5, 5.41) is 3.15. The van der Waals surface area contributed by atoms with Crippen LogP contribution in [-0.2, 0) is 20.6 Å². The van der Waals surface area contributed by atoms with E-state index in [1.54, 1.807) is 7.11 Å². The van der Waals surface area contributed by atoms with Gasteiger partial charge in [-0.2, -0.15) is 0 Å². The minimum absolute atomic E-state index is 0.540. The summed E-state index contributed by atoms with van der Waals surface area (Å²) in [5.41, 5.74) is 0.646. The van der Waals surface area contributed by atoms with E-state index in [-0.39, 0.29) is 0 Å². The summed E-state index contributed by atoms with van der Waals surface area (Å²) in [6.45, 7) is 4.16. The summed E-state index contributed by atoms with van der Waals surface area (Å²) in [4.78, 5) is 0. The standard InChI is InChI=1S/C15H23F2NO3/c1-19-6-7-21-9-8-20-5-4-18-3-2-13-10-14(16)12-15(17)11-13/h10-12,18H,2-9H2,1H3. The summed E-state index contributed by atoms with van der Waals surface area (Å²) in [6.07, 6.45) is 0.578. The zero-order valence-electron chi connectivity index (χ0n) is 12.4. The first-order chi connectivity index (χ1) is 10.2. The van der Waals surface area contributed by atoms with Gasteiger partial charge in [-0.3, -0.25) is 0 Å². The van der Waals surface area contributed by atoms with E-state index in [0.717, 1.165) is 6.07 Å². The topological polar surface area (TPSA) is 39.7 Å². The van der Waals surface area contributed by atoms with Crippen LogP contribution in [0.1, 0.15) is 5.56 Å². The number of hydrogen-bond acceptors (Lipinski definition) is 4. The molecule has 0 amide bonds. The zero-order valence-corrected chi connectivity index (χ0v) is 12.4. The third-order valence-electron chi connectivity index (χ3n) is 2.74. The maximum atomic E-state index is 13.0. The molecule has 0 saturated heterocycles. The molecule has 0 radical (unpaired) electrons. The summed E-state index contributed by atoms with van der Waals surface area (Å²) < 4.78 is 41.3. The quantitative estimate of drug-likeness (QED) is 0.598. The highest BCUT2D eigenvalue weighted by Gasteiger charge is 2.00. The van der Waals surface area contributed by atoms with E-state index >= 15 is 0 Å². The predicted molar refractivity (Wildman–Crippen MR) is 76.4 cm³/mol. The first kappa shape index (κ1) is 18.0. The number of methoxy groups -OCH3 is 1. The van der Waals surface area contributed by atoms with Crippen molar-refractivity contribution in [3.8, 4) is 0 Å². The second-order valence-corrected chi connectivity index (χ2v) is 4.50. The molecule has 120 valence electrons. The van der Waals surface area contributed by atoms with Gasteiger partial charge in [0.1, 0.15) is 11.6 Å². The SMILES string of the molecule is COCCOCCOCCNCCc1cc(F)cc(F)c1. The molecule has 0 saturated carbocycles. The highest BCUT2D eigenvalue weighted by molar-refractivity contribution is 5.18. The first-order valence-electron chi connectivity index (χ1n) is 7.02. The summed E-state index contributed by atoms with van der Waals surface area (Å²) in [7, 11) is 1.63. The van der Waals surface area contributed by atoms with Crippen LogP contribution < -0.4 is 5.32 Å². The lowest BCUT2D eigenvalue weighted by Crippen LogP contribution is -2.23. The molecule has 0 bridgehead atoms. The van der Waals surface area contributed by atoms with E-state index < -0.39 is 11.6 Å². The van der Waals surface area contributed by atoms with Crippen molar-refractivity contribution in [3.63, 3.8) is 0 Å². The van der Waals surface area contributed by atoms with Gasteiger partial charge in [0.15, 0.2) is 0 Å². The van der Waals surface area contributed by atoms with E-state index in [2.05, 4.69) is 5.32 Å². The van der Waals surface area contributed by atoms with Gasteiger partial charge in [-0.25, -0.2) is 8.78 Å². The van der Waals surface area contributed by atoms with Gasteiger partial charge < -0.3 is 19.5 Å². The fourth-order valence-electron chi connectivity index (χ4n) is 1.72. The fourth-order valence-corrected chi connectivity index (χ4v) is 1.72. The Balaban J connectivity index is 1.93. The predicted octanol–water partition coefficient (Wildman–Crippen LogP) is 1.78. The molecular formula is C15H23F2NO3. The van der Waals surface area contributed by atoms with Gasteiger partial charge in [-0.05, 0) is 30.7 Å². The van der Waals surface area contributed by atoms with Gasteiger partial charge in [0.25, 0.3) is 0 Å². The largest absolute Gasteiger partial charge is 0.382 e. The van der Waals surface area contributed by atoms with Gasteiger partial charge in [0.05, 0.1) is 33.0 Å². The molecular weight excluding hydrogens is 280 g/mol. The molecule has 1 rings (SSSR count). The molecule has 0 fully saturated rings. The molecule has 4 nitrogen and oxygen atoms in total. The van der Waals surface area contributed by atoms with Crippen LogP contribution in [0.4, 0.5) is 8.78 Å². The Morgan fingerprint density at radius 3 is 2.14 bits per heavy atom. The van der Waals surface area contributed by atoms with Crippen molar-refractivity contribution >= 4 is 0 Å². The van der Waals surface area contributed by atoms with Gasteiger partial charge in [0.2, 0.25) is 0 Å². The molecule has 0 aliphatic rings. The lowest BCUT2D eigenvalue weighted by atomic mass is 10.1. The summed E-state index contributed by atoms with van der Waals surface area (Å²) >= 11 is 0. The van der Waals surface area contributed by atoms with Crippen LogP contribution in [0.25, 0.3) is 0 Å². The monoisotopic (exact) mass is 303 g/mol. The second-order valence-electron chi connectivity index (χ2n) is 4.50. The van der Waals surface area contributed by atoms with Crippen molar-refractivity contribution in [2.45, 2.75) is 6.42 Å². The van der Waals surface area contributed by atoms with Crippen LogP contribution in [0, 0.1) is 11.6 Å². The van der Waals surface area contributed by atoms with Crippen LogP contribution in [0.15, 0.2) is 18.2 Å². The molecule has 0 aliphatic carbocycles. The minimum atomic E-state index is -0.540. The number of benzene rings is 1. The third kappa shape index (κ3) is 9.47. The minimum Gasteiger partial charge on any atom is -0.382 e. The van der Waals surface area contributed by atoms with E-state index in [9.17, 15) is 8.78 Å². The van der Waals surface area contributed by atoms with Crippen LogP contribution in [0.3, 0.4) is 0 Å². The lowest BCUT2D eigenvalue weighted by Gasteiger charge is -2.07. The molecule has 6 heteroatoms. The van der Waals surface area contributed by atoms with Gasteiger partial charge in [-0.15, -0.1) is 0 Å². The maximum Gasteiger partial charge on any atom is 0.126 e. The molecule has 0 atom stereocenters. The molecule has 0 heterocycles. The highest BCUT2D eigenvalue weighted by Crippen LogP contribution is 2.07. The molecule has 1 aromatic carbocycles. The van der Waals surface area contributed by atoms with Gasteiger partial charge in [0, 0.05) is 19.7 Å². The first-order valence-corrected chi connectivity index (χ1v) is 7.02. The van der Waals surface area contributed by atoms with Crippen molar-refractivity contribution in [3.05, 3.63) is 35.4 Å². The van der Waals surface area contributed by atoms with E-state index in [0.29, 0.717) is 58.1 Å². The maximum absolute atomic E-state index is 13.0. The number of halogens is 2. The Bertz CT molecular complexity index is 371. The highest BCUT2D eigenvalue weighted by atomic mass is 19.1. The van der Waals surface area contributed by atoms with E-state index in [1.807, 2.05) is 0 Å². The number of rotatable bonds is 12. The number of nitrogens with one attached hydrogen (secondary N) is 1. The number of ether oxygens (including phenoxy) is 3. The van der Waals surface area contributed by atoms with E-state index in [1.165, 1.54) is 12.1 Å². The smallest absolute Gasteiger partial charge is 0.126 e. The normalized spacial score (nSPS) is 11.0. The average molecular weight is 303 g/mol. The van der Waals surface area contributed by atoms with Crippen molar-refractivity contribution in [2.75, 3.05) is 53.2 Å². The average Bonchev–Trinajstić information content (AvgIpc) is 2.44. The second kappa shape index (κ2) is 11.6. The van der Waals surface area contributed by atoms with Crippen LogP contribution in [-0.4, -0.2) is 53.2 Å². The number of hydrogen-bond donors (Lipinski definition) is 1. The Morgan fingerprint density at radius 2 is 1.48 bits per heavy atom. The molecule has 1 N–H and O–H groups in total. The molecule has 0 unspecified atom stereocenters. The van der Waals surface area contributed by atoms with Gasteiger partial charge >= 0.3 is 0 Å².